The molecule has 1 heterocycles. The van der Waals surface area contributed by atoms with E-state index in [-0.39, 0.29) is 12.3 Å². The molecule has 0 saturated heterocycles. The van der Waals surface area contributed by atoms with Crippen LogP contribution in [0.3, 0.4) is 0 Å². The van der Waals surface area contributed by atoms with Crippen molar-refractivity contribution in [3.63, 3.8) is 0 Å². The highest BCUT2D eigenvalue weighted by Crippen LogP contribution is 2.43. The van der Waals surface area contributed by atoms with E-state index in [0.29, 0.717) is 42.1 Å². The van der Waals surface area contributed by atoms with E-state index < -0.39 is 23.8 Å². The van der Waals surface area contributed by atoms with Crippen molar-refractivity contribution in [2.75, 3.05) is 6.61 Å². The number of rotatable bonds is 4. The lowest BCUT2D eigenvalue weighted by atomic mass is 9.98. The van der Waals surface area contributed by atoms with Gasteiger partial charge in [0.15, 0.2) is 0 Å². The molecule has 1 aliphatic heterocycles. The van der Waals surface area contributed by atoms with Crippen molar-refractivity contribution in [3.8, 4) is 11.5 Å². The van der Waals surface area contributed by atoms with Crippen molar-refractivity contribution in [3.05, 3.63) is 58.7 Å². The molecule has 2 aromatic carbocycles. The molecule has 0 aromatic heterocycles. The first-order valence-corrected chi connectivity index (χ1v) is 8.67. The summed E-state index contributed by atoms with van der Waals surface area (Å²) < 4.78 is 51.0. The molecule has 0 radical (unpaired) electrons. The van der Waals surface area contributed by atoms with Gasteiger partial charge in [0.25, 0.3) is 0 Å². The van der Waals surface area contributed by atoms with Crippen LogP contribution in [0.1, 0.15) is 47.1 Å². The smallest absolute Gasteiger partial charge is 0.416 e. The van der Waals surface area contributed by atoms with Crippen LogP contribution in [0, 0.1) is 0 Å². The highest BCUT2D eigenvalue weighted by Gasteiger charge is 2.38. The highest BCUT2D eigenvalue weighted by atomic mass is 19.4. The molecule has 4 rings (SSSR count). The van der Waals surface area contributed by atoms with E-state index in [1.807, 2.05) is 0 Å². The Balaban J connectivity index is 1.55. The minimum Gasteiger partial charge on any atom is -0.492 e. The normalized spacial score (nSPS) is 20.7. The molecule has 0 amide bonds. The van der Waals surface area contributed by atoms with Gasteiger partial charge in [-0.25, -0.2) is 0 Å². The van der Waals surface area contributed by atoms with Gasteiger partial charge in [-0.15, -0.1) is 0 Å². The van der Waals surface area contributed by atoms with Crippen molar-refractivity contribution in [2.24, 2.45) is 0 Å². The molecule has 27 heavy (non-hydrogen) atoms. The van der Waals surface area contributed by atoms with Gasteiger partial charge >= 0.3 is 12.1 Å². The zero-order valence-corrected chi connectivity index (χ0v) is 14.3. The van der Waals surface area contributed by atoms with Gasteiger partial charge in [-0.1, -0.05) is 18.2 Å². The number of ether oxygens (including phenoxy) is 2. The number of hydrogen-bond acceptors (Lipinski definition) is 3. The lowest BCUT2D eigenvalue weighted by Gasteiger charge is -2.17. The van der Waals surface area contributed by atoms with Crippen LogP contribution in [-0.4, -0.2) is 17.7 Å². The standard InChI is InChI=1S/C20H17F3O4/c21-20(22,23)16-3-1-2-15-14(16)6-7-17(15)27-12-4-5-13-11(8-19(24)25)10-26-18(13)9-12/h1-5,9,11,17H,6-8,10H2,(H,24,25)/t11-,17-/m0/s1. The predicted molar refractivity (Wildman–Crippen MR) is 90.1 cm³/mol. The average molecular weight is 378 g/mol. The van der Waals surface area contributed by atoms with E-state index in [9.17, 15) is 18.0 Å². The molecule has 7 heteroatoms. The van der Waals surface area contributed by atoms with E-state index in [1.165, 1.54) is 6.07 Å². The lowest BCUT2D eigenvalue weighted by Crippen LogP contribution is -2.09. The largest absolute Gasteiger partial charge is 0.492 e. The fraction of sp³-hybridized carbons (Fsp3) is 0.350. The number of benzene rings is 2. The maximum Gasteiger partial charge on any atom is 0.416 e. The van der Waals surface area contributed by atoms with Crippen LogP contribution < -0.4 is 9.47 Å². The molecule has 0 spiro atoms. The number of aliphatic carboxylic acids is 1. The van der Waals surface area contributed by atoms with Gasteiger partial charge in [0.05, 0.1) is 18.6 Å². The van der Waals surface area contributed by atoms with Crippen LogP contribution in [0.15, 0.2) is 36.4 Å². The third-order valence-corrected chi connectivity index (χ3v) is 5.09. The average Bonchev–Trinajstić information content (AvgIpc) is 3.18. The summed E-state index contributed by atoms with van der Waals surface area (Å²) in [6, 6.07) is 9.36. The minimum atomic E-state index is -4.37. The van der Waals surface area contributed by atoms with Crippen molar-refractivity contribution in [1.29, 1.82) is 0 Å². The molecule has 1 N–H and O–H groups in total. The SMILES string of the molecule is O=C(O)C[C@H]1COc2cc(O[C@H]3CCc4c3cccc4C(F)(F)F)ccc21. The Kier molecular flexibility index (Phi) is 4.25. The van der Waals surface area contributed by atoms with Gasteiger partial charge in [0.1, 0.15) is 17.6 Å². The molecule has 2 atom stereocenters. The van der Waals surface area contributed by atoms with Crippen LogP contribution in [0.2, 0.25) is 0 Å². The molecule has 0 unspecified atom stereocenters. The maximum atomic E-state index is 13.2. The molecule has 4 nitrogen and oxygen atoms in total. The Labute approximate surface area is 153 Å². The Morgan fingerprint density at radius 2 is 2.04 bits per heavy atom. The Hall–Kier alpha value is -2.70. The zero-order chi connectivity index (χ0) is 19.2. The van der Waals surface area contributed by atoms with Gasteiger partial charge in [-0.2, -0.15) is 13.2 Å². The van der Waals surface area contributed by atoms with Crippen LogP contribution in [0.4, 0.5) is 13.2 Å². The predicted octanol–water partition coefficient (Wildman–Crippen LogP) is 4.72. The number of alkyl halides is 3. The molecule has 0 bridgehead atoms. The van der Waals surface area contributed by atoms with Crippen molar-refractivity contribution in [1.82, 2.24) is 0 Å². The van der Waals surface area contributed by atoms with Gasteiger partial charge in [0, 0.05) is 17.5 Å². The molecular weight excluding hydrogens is 361 g/mol. The second kappa shape index (κ2) is 6.48. The number of halogens is 3. The van der Waals surface area contributed by atoms with Gasteiger partial charge in [0.2, 0.25) is 0 Å². The Bertz CT molecular complexity index is 891. The topological polar surface area (TPSA) is 55.8 Å². The van der Waals surface area contributed by atoms with E-state index >= 15 is 0 Å². The van der Waals surface area contributed by atoms with E-state index in [4.69, 9.17) is 14.6 Å². The first-order chi connectivity index (χ1) is 12.8. The Morgan fingerprint density at radius 3 is 2.78 bits per heavy atom. The van der Waals surface area contributed by atoms with E-state index in [0.717, 1.165) is 11.6 Å². The van der Waals surface area contributed by atoms with Crippen LogP contribution >= 0.6 is 0 Å². The van der Waals surface area contributed by atoms with E-state index in [2.05, 4.69) is 0 Å². The van der Waals surface area contributed by atoms with Crippen LogP contribution in [0.5, 0.6) is 11.5 Å². The number of fused-ring (bicyclic) bond motifs is 2. The summed E-state index contributed by atoms with van der Waals surface area (Å²) in [4.78, 5) is 10.9. The first-order valence-electron chi connectivity index (χ1n) is 8.67. The molecule has 1 aliphatic carbocycles. The Morgan fingerprint density at radius 1 is 1.22 bits per heavy atom. The van der Waals surface area contributed by atoms with Crippen LogP contribution in [0.25, 0.3) is 0 Å². The van der Waals surface area contributed by atoms with Gasteiger partial charge < -0.3 is 14.6 Å². The van der Waals surface area contributed by atoms with Crippen molar-refractivity contribution < 1.29 is 32.5 Å². The lowest BCUT2D eigenvalue weighted by molar-refractivity contribution is -0.138. The van der Waals surface area contributed by atoms with Crippen molar-refractivity contribution >= 4 is 5.97 Å². The zero-order valence-electron chi connectivity index (χ0n) is 14.3. The second-order valence-electron chi connectivity index (χ2n) is 6.82. The summed E-state index contributed by atoms with van der Waals surface area (Å²) in [5.74, 6) is -0.0195. The maximum absolute atomic E-state index is 13.2. The third kappa shape index (κ3) is 3.34. The fourth-order valence-corrected chi connectivity index (χ4v) is 3.88. The molecule has 0 fully saturated rings. The minimum absolute atomic E-state index is 0.0105. The third-order valence-electron chi connectivity index (χ3n) is 5.09. The molecule has 142 valence electrons. The summed E-state index contributed by atoms with van der Waals surface area (Å²) in [5.41, 5.74) is 1.08. The molecule has 2 aliphatic rings. The van der Waals surface area contributed by atoms with Gasteiger partial charge in [-0.3, -0.25) is 4.79 Å². The molecule has 2 aromatic rings. The summed E-state index contributed by atoms with van der Waals surface area (Å²) in [6.07, 6.45) is -4.04. The van der Waals surface area contributed by atoms with Gasteiger partial charge in [-0.05, 0) is 36.1 Å². The summed E-state index contributed by atoms with van der Waals surface area (Å²) in [5, 5.41) is 8.96. The van der Waals surface area contributed by atoms with Crippen molar-refractivity contribution in [2.45, 2.75) is 37.5 Å². The highest BCUT2D eigenvalue weighted by molar-refractivity contribution is 5.68. The fourth-order valence-electron chi connectivity index (χ4n) is 3.88. The molecule has 0 saturated carbocycles. The summed E-state index contributed by atoms with van der Waals surface area (Å²) in [7, 11) is 0. The number of hydrogen-bond donors (Lipinski definition) is 1. The quantitative estimate of drug-likeness (QED) is 0.836. The number of carbonyl (C=O) groups is 1. The second-order valence-corrected chi connectivity index (χ2v) is 6.82. The van der Waals surface area contributed by atoms with E-state index in [1.54, 1.807) is 24.3 Å². The van der Waals surface area contributed by atoms with Crippen LogP contribution in [-0.2, 0) is 17.4 Å². The number of carboxylic acid groups (broad SMARTS) is 1. The summed E-state index contributed by atoms with van der Waals surface area (Å²) in [6.45, 7) is 0.298. The number of carboxylic acids is 1. The molecular formula is C20H17F3O4. The summed E-state index contributed by atoms with van der Waals surface area (Å²) >= 11 is 0. The first kappa shape index (κ1) is 17.7. The monoisotopic (exact) mass is 378 g/mol.